The van der Waals surface area contributed by atoms with Crippen LogP contribution in [0.3, 0.4) is 0 Å². The van der Waals surface area contributed by atoms with Crippen LogP contribution in [0.2, 0.25) is 0 Å². The predicted octanol–water partition coefficient (Wildman–Crippen LogP) is 0.111. The quantitative estimate of drug-likeness (QED) is 0.833. The number of hydrogen-bond acceptors (Lipinski definition) is 5. The lowest BCUT2D eigenvalue weighted by molar-refractivity contribution is 0.601. The zero-order valence-corrected chi connectivity index (χ0v) is 12.3. The van der Waals surface area contributed by atoms with E-state index in [9.17, 15) is 9.59 Å². The van der Waals surface area contributed by atoms with Crippen molar-refractivity contribution < 1.29 is 0 Å². The van der Waals surface area contributed by atoms with Crippen molar-refractivity contribution in [3.05, 3.63) is 56.2 Å². The zero-order chi connectivity index (χ0) is 15.6. The first-order valence-electron chi connectivity index (χ1n) is 6.63. The zero-order valence-electron chi connectivity index (χ0n) is 12.3. The maximum Gasteiger partial charge on any atom is 0.346 e. The third-order valence-corrected chi connectivity index (χ3v) is 3.39. The first kappa shape index (κ1) is 15.0. The number of nitrogens with zero attached hydrogens (tertiary/aromatic N) is 3. The highest BCUT2D eigenvalue weighted by molar-refractivity contribution is 5.36. The Morgan fingerprint density at radius 2 is 1.86 bits per heavy atom. The van der Waals surface area contributed by atoms with Crippen LogP contribution in [0.15, 0.2) is 33.9 Å². The molecule has 1 atom stereocenters. The molecule has 2 rings (SSSR count). The van der Waals surface area contributed by atoms with Gasteiger partial charge < -0.3 is 11.1 Å². The van der Waals surface area contributed by atoms with Crippen LogP contribution >= 0.6 is 0 Å². The van der Waals surface area contributed by atoms with Gasteiger partial charge in [-0.1, -0.05) is 24.3 Å². The molecule has 1 aromatic carbocycles. The molecular weight excluding hydrogens is 270 g/mol. The summed E-state index contributed by atoms with van der Waals surface area (Å²) in [7, 11) is 2.94. The maximum absolute atomic E-state index is 12.0. The molecule has 1 aromatic heterocycles. The molecule has 7 nitrogen and oxygen atoms in total. The fraction of sp³-hybridized carbons (Fsp3) is 0.357. The van der Waals surface area contributed by atoms with Crippen LogP contribution in [-0.2, 0) is 20.6 Å². The molecule has 0 spiro atoms. The second kappa shape index (κ2) is 5.92. The molecule has 1 heterocycles. The Morgan fingerprint density at radius 1 is 1.24 bits per heavy atom. The predicted molar refractivity (Wildman–Crippen MR) is 81.1 cm³/mol. The molecule has 112 valence electrons. The molecule has 0 saturated carbocycles. The number of nitrogens with two attached hydrogens (primary N) is 1. The largest absolute Gasteiger partial charge is 0.358 e. The lowest BCUT2D eigenvalue weighted by Crippen LogP contribution is -2.40. The van der Waals surface area contributed by atoms with Crippen molar-refractivity contribution in [3.63, 3.8) is 0 Å². The average molecular weight is 289 g/mol. The van der Waals surface area contributed by atoms with Gasteiger partial charge in [-0.05, 0) is 18.1 Å². The topological polar surface area (TPSA) is 94.9 Å². The third kappa shape index (κ3) is 3.03. The standard InChI is InChI=1S/C14H19N5O2/c1-9(11-6-4-10(8-15)5-7-11)16-12-13(20)18(2)14(21)19(3)17-12/h4-7,9H,8,15H2,1-3H3,(H,16,17). The van der Waals surface area contributed by atoms with Gasteiger partial charge in [-0.25, -0.2) is 9.48 Å². The first-order valence-corrected chi connectivity index (χ1v) is 6.63. The molecule has 0 aliphatic heterocycles. The average Bonchev–Trinajstić information content (AvgIpc) is 2.50. The first-order chi connectivity index (χ1) is 9.93. The van der Waals surface area contributed by atoms with E-state index in [4.69, 9.17) is 5.73 Å². The highest BCUT2D eigenvalue weighted by atomic mass is 16.2. The van der Waals surface area contributed by atoms with Crippen molar-refractivity contribution in [1.82, 2.24) is 14.3 Å². The van der Waals surface area contributed by atoms with Gasteiger partial charge in [-0.15, -0.1) is 5.10 Å². The molecule has 2 aromatic rings. The van der Waals surface area contributed by atoms with Gasteiger partial charge in [0.15, 0.2) is 0 Å². The summed E-state index contributed by atoms with van der Waals surface area (Å²) in [4.78, 5) is 23.6. The Morgan fingerprint density at radius 3 is 2.43 bits per heavy atom. The van der Waals surface area contributed by atoms with E-state index >= 15 is 0 Å². The van der Waals surface area contributed by atoms with Gasteiger partial charge in [-0.2, -0.15) is 0 Å². The number of aryl methyl sites for hydroxylation is 1. The van der Waals surface area contributed by atoms with E-state index in [0.29, 0.717) is 6.54 Å². The molecule has 0 fully saturated rings. The van der Waals surface area contributed by atoms with Gasteiger partial charge in [-0.3, -0.25) is 9.36 Å². The van der Waals surface area contributed by atoms with Gasteiger partial charge >= 0.3 is 5.69 Å². The lowest BCUT2D eigenvalue weighted by Gasteiger charge is -2.15. The number of rotatable bonds is 4. The summed E-state index contributed by atoms with van der Waals surface area (Å²) in [5.41, 5.74) is 6.72. The number of nitrogens with one attached hydrogen (secondary N) is 1. The third-order valence-electron chi connectivity index (χ3n) is 3.39. The van der Waals surface area contributed by atoms with Gasteiger partial charge in [0.1, 0.15) is 0 Å². The summed E-state index contributed by atoms with van der Waals surface area (Å²) in [5, 5.41) is 7.01. The van der Waals surface area contributed by atoms with Gasteiger partial charge in [0, 0.05) is 20.6 Å². The van der Waals surface area contributed by atoms with Crippen molar-refractivity contribution in [1.29, 1.82) is 0 Å². The van der Waals surface area contributed by atoms with Gasteiger partial charge in [0.05, 0.1) is 6.04 Å². The highest BCUT2D eigenvalue weighted by Crippen LogP contribution is 2.16. The van der Waals surface area contributed by atoms with Crippen LogP contribution in [0.5, 0.6) is 0 Å². The van der Waals surface area contributed by atoms with Crippen LogP contribution < -0.4 is 22.3 Å². The summed E-state index contributed by atoms with van der Waals surface area (Å²) in [5.74, 6) is 0.148. The number of benzene rings is 1. The van der Waals surface area contributed by atoms with Gasteiger partial charge in [0.25, 0.3) is 5.56 Å². The van der Waals surface area contributed by atoms with Crippen molar-refractivity contribution in [2.45, 2.75) is 19.5 Å². The molecule has 0 aliphatic rings. The molecule has 3 N–H and O–H groups in total. The summed E-state index contributed by atoms with van der Waals surface area (Å²) < 4.78 is 2.16. The van der Waals surface area contributed by atoms with Crippen LogP contribution in [0, 0.1) is 0 Å². The Balaban J connectivity index is 2.29. The van der Waals surface area contributed by atoms with E-state index in [-0.39, 0.29) is 11.9 Å². The minimum Gasteiger partial charge on any atom is -0.358 e. The second-order valence-electron chi connectivity index (χ2n) is 4.93. The maximum atomic E-state index is 12.0. The van der Waals surface area contributed by atoms with E-state index < -0.39 is 11.2 Å². The normalized spacial score (nSPS) is 12.2. The second-order valence-corrected chi connectivity index (χ2v) is 4.93. The van der Waals surface area contributed by atoms with Crippen molar-refractivity contribution in [2.24, 2.45) is 19.8 Å². The molecule has 0 amide bonds. The van der Waals surface area contributed by atoms with Crippen LogP contribution in [0.25, 0.3) is 0 Å². The minimum absolute atomic E-state index is 0.116. The Kier molecular flexibility index (Phi) is 4.23. The van der Waals surface area contributed by atoms with Gasteiger partial charge in [0.2, 0.25) is 5.82 Å². The van der Waals surface area contributed by atoms with E-state index in [2.05, 4.69) is 10.4 Å². The summed E-state index contributed by atoms with van der Waals surface area (Å²) in [6, 6.07) is 7.67. The molecule has 1 unspecified atom stereocenters. The van der Waals surface area contributed by atoms with Crippen LogP contribution in [-0.4, -0.2) is 14.3 Å². The van der Waals surface area contributed by atoms with E-state index in [1.165, 1.54) is 14.1 Å². The summed E-state index contributed by atoms with van der Waals surface area (Å²) in [6.45, 7) is 2.41. The van der Waals surface area contributed by atoms with E-state index in [1.807, 2.05) is 31.2 Å². The summed E-state index contributed by atoms with van der Waals surface area (Å²) in [6.07, 6.45) is 0. The Labute approximate surface area is 122 Å². The molecule has 0 bridgehead atoms. The molecular formula is C14H19N5O2. The highest BCUT2D eigenvalue weighted by Gasteiger charge is 2.12. The van der Waals surface area contributed by atoms with Crippen molar-refractivity contribution in [3.8, 4) is 0 Å². The molecule has 7 heteroatoms. The van der Waals surface area contributed by atoms with E-state index in [0.717, 1.165) is 20.4 Å². The van der Waals surface area contributed by atoms with Crippen molar-refractivity contribution in [2.75, 3.05) is 5.32 Å². The Hall–Kier alpha value is -2.41. The number of anilines is 1. The molecule has 21 heavy (non-hydrogen) atoms. The SMILES string of the molecule is CC(Nc1nn(C)c(=O)n(C)c1=O)c1ccc(CN)cc1. The number of aromatic nitrogens is 3. The minimum atomic E-state index is -0.453. The lowest BCUT2D eigenvalue weighted by atomic mass is 10.1. The fourth-order valence-electron chi connectivity index (χ4n) is 2.02. The Bertz CT molecular complexity index is 745. The molecule has 0 saturated heterocycles. The summed E-state index contributed by atoms with van der Waals surface area (Å²) >= 11 is 0. The van der Waals surface area contributed by atoms with Crippen molar-refractivity contribution >= 4 is 5.82 Å². The molecule has 0 aliphatic carbocycles. The smallest absolute Gasteiger partial charge is 0.346 e. The number of hydrogen-bond donors (Lipinski definition) is 2. The monoisotopic (exact) mass is 289 g/mol. The molecule has 0 radical (unpaired) electrons. The van der Waals surface area contributed by atoms with E-state index in [1.54, 1.807) is 0 Å². The van der Waals surface area contributed by atoms with Crippen LogP contribution in [0.1, 0.15) is 24.1 Å². The van der Waals surface area contributed by atoms with Crippen LogP contribution in [0.4, 0.5) is 5.82 Å². The fourth-order valence-corrected chi connectivity index (χ4v) is 2.02.